The van der Waals surface area contributed by atoms with Crippen LogP contribution < -0.4 is 4.72 Å². The number of carbonyl (C=O) groups is 2. The number of carboxylic acids is 1. The van der Waals surface area contributed by atoms with Crippen molar-refractivity contribution in [1.29, 1.82) is 0 Å². The Bertz CT molecular complexity index is 622. The Balaban J connectivity index is 3.03. The fourth-order valence-electron chi connectivity index (χ4n) is 1.48. The highest BCUT2D eigenvalue weighted by Gasteiger charge is 2.29. The zero-order chi connectivity index (χ0) is 16.2. The Morgan fingerprint density at radius 2 is 1.76 bits per heavy atom. The van der Waals surface area contributed by atoms with Gasteiger partial charge < -0.3 is 14.9 Å². The molecule has 0 spiro atoms. The number of methoxy groups -OCH3 is 1. The van der Waals surface area contributed by atoms with E-state index in [1.807, 2.05) is 4.72 Å². The van der Waals surface area contributed by atoms with Gasteiger partial charge in [0.2, 0.25) is 10.0 Å². The fraction of sp³-hybridized carbons (Fsp3) is 0.333. The third-order valence-corrected chi connectivity index (χ3v) is 4.07. The second kappa shape index (κ2) is 6.66. The number of hydrogen-bond donors (Lipinski definition) is 3. The Labute approximate surface area is 121 Å². The van der Waals surface area contributed by atoms with Crippen LogP contribution in [0.5, 0.6) is 0 Å². The summed E-state index contributed by atoms with van der Waals surface area (Å²) >= 11 is 0. The summed E-state index contributed by atoms with van der Waals surface area (Å²) in [7, 11) is -2.95. The van der Waals surface area contributed by atoms with E-state index in [1.165, 1.54) is 19.2 Å². The Morgan fingerprint density at radius 1 is 1.24 bits per heavy atom. The summed E-state index contributed by atoms with van der Waals surface area (Å²) in [6.07, 6.45) is -1.41. The van der Waals surface area contributed by atoms with Gasteiger partial charge in [0.05, 0.1) is 23.7 Å². The number of nitrogens with one attached hydrogen (secondary N) is 1. The Kier molecular flexibility index (Phi) is 5.41. The number of ether oxygens (including phenoxy) is 1. The van der Waals surface area contributed by atoms with Gasteiger partial charge in [0.25, 0.3) is 0 Å². The van der Waals surface area contributed by atoms with Gasteiger partial charge in [-0.1, -0.05) is 0 Å². The van der Waals surface area contributed by atoms with Crippen LogP contribution in [0.15, 0.2) is 29.2 Å². The molecule has 1 rings (SSSR count). The normalized spacial score (nSPS) is 14.2. The summed E-state index contributed by atoms with van der Waals surface area (Å²) in [6, 6.07) is 3.07. The highest BCUT2D eigenvalue weighted by atomic mass is 32.2. The van der Waals surface area contributed by atoms with Crippen LogP contribution in [-0.4, -0.2) is 49.8 Å². The zero-order valence-corrected chi connectivity index (χ0v) is 12.1. The molecular weight excluding hydrogens is 302 g/mol. The Hall–Kier alpha value is -1.97. The number of hydrogen-bond acceptors (Lipinski definition) is 6. The van der Waals surface area contributed by atoms with Gasteiger partial charge in [0.15, 0.2) is 0 Å². The molecule has 2 unspecified atom stereocenters. The average molecular weight is 317 g/mol. The first kappa shape index (κ1) is 17.1. The highest BCUT2D eigenvalue weighted by molar-refractivity contribution is 7.89. The average Bonchev–Trinajstić information content (AvgIpc) is 2.43. The minimum Gasteiger partial charge on any atom is -0.480 e. The van der Waals surface area contributed by atoms with Gasteiger partial charge in [-0.2, -0.15) is 4.72 Å². The third-order valence-electron chi connectivity index (χ3n) is 2.62. The molecule has 1 aromatic carbocycles. The number of aliphatic carboxylic acids is 1. The molecule has 0 saturated carbocycles. The molecule has 1 aromatic rings. The van der Waals surface area contributed by atoms with Gasteiger partial charge in [0.1, 0.15) is 6.04 Å². The molecule has 116 valence electrons. The first-order chi connectivity index (χ1) is 9.69. The van der Waals surface area contributed by atoms with Gasteiger partial charge >= 0.3 is 11.9 Å². The summed E-state index contributed by atoms with van der Waals surface area (Å²) < 4.78 is 30.4. The number of rotatable bonds is 6. The quantitative estimate of drug-likeness (QED) is 0.608. The van der Waals surface area contributed by atoms with Crippen LogP contribution in [0.4, 0.5) is 0 Å². The fourth-order valence-corrected chi connectivity index (χ4v) is 2.74. The smallest absolute Gasteiger partial charge is 0.337 e. The SMILES string of the molecule is COC(=O)c1ccc(S(=O)(=O)NC(C(=O)O)C(C)O)cc1. The molecule has 9 heteroatoms. The van der Waals surface area contributed by atoms with Gasteiger partial charge in [-0.05, 0) is 31.2 Å². The number of benzene rings is 1. The molecule has 0 amide bonds. The van der Waals surface area contributed by atoms with E-state index in [0.717, 1.165) is 19.1 Å². The predicted molar refractivity (Wildman–Crippen MR) is 71.2 cm³/mol. The van der Waals surface area contributed by atoms with Crippen molar-refractivity contribution in [1.82, 2.24) is 4.72 Å². The van der Waals surface area contributed by atoms with Gasteiger partial charge in [0, 0.05) is 0 Å². The van der Waals surface area contributed by atoms with Gasteiger partial charge in [-0.25, -0.2) is 13.2 Å². The zero-order valence-electron chi connectivity index (χ0n) is 11.3. The van der Waals surface area contributed by atoms with E-state index in [1.54, 1.807) is 0 Å². The monoisotopic (exact) mass is 317 g/mol. The molecule has 3 N–H and O–H groups in total. The molecule has 21 heavy (non-hydrogen) atoms. The van der Waals surface area contributed by atoms with Crippen molar-refractivity contribution in [2.75, 3.05) is 7.11 Å². The van der Waals surface area contributed by atoms with Crippen molar-refractivity contribution in [2.45, 2.75) is 24.0 Å². The molecule has 0 heterocycles. The van der Waals surface area contributed by atoms with E-state index >= 15 is 0 Å². The van der Waals surface area contributed by atoms with E-state index in [-0.39, 0.29) is 10.5 Å². The van der Waals surface area contributed by atoms with Crippen LogP contribution in [-0.2, 0) is 19.6 Å². The number of carboxylic acid groups (broad SMARTS) is 1. The molecule has 0 saturated heterocycles. The van der Waals surface area contributed by atoms with Gasteiger partial charge in [-0.3, -0.25) is 4.79 Å². The first-order valence-electron chi connectivity index (χ1n) is 5.80. The lowest BCUT2D eigenvalue weighted by molar-refractivity contribution is -0.141. The van der Waals surface area contributed by atoms with E-state index in [2.05, 4.69) is 4.74 Å². The minimum absolute atomic E-state index is 0.154. The summed E-state index contributed by atoms with van der Waals surface area (Å²) in [4.78, 5) is 21.9. The van der Waals surface area contributed by atoms with Crippen molar-refractivity contribution in [2.24, 2.45) is 0 Å². The van der Waals surface area contributed by atoms with Crippen LogP contribution in [0, 0.1) is 0 Å². The second-order valence-corrected chi connectivity index (χ2v) is 5.91. The van der Waals surface area contributed by atoms with E-state index < -0.39 is 34.1 Å². The molecule has 0 aliphatic heterocycles. The highest BCUT2D eigenvalue weighted by Crippen LogP contribution is 2.12. The maximum Gasteiger partial charge on any atom is 0.337 e. The molecular formula is C12H15NO7S. The van der Waals surface area contributed by atoms with Crippen LogP contribution in [0.3, 0.4) is 0 Å². The first-order valence-corrected chi connectivity index (χ1v) is 7.29. The van der Waals surface area contributed by atoms with Crippen molar-refractivity contribution >= 4 is 22.0 Å². The number of carbonyl (C=O) groups excluding carboxylic acids is 1. The molecule has 8 nitrogen and oxygen atoms in total. The number of sulfonamides is 1. The number of aliphatic hydroxyl groups excluding tert-OH is 1. The second-order valence-electron chi connectivity index (χ2n) is 4.19. The van der Waals surface area contributed by atoms with Crippen molar-refractivity contribution in [3.63, 3.8) is 0 Å². The third kappa shape index (κ3) is 4.25. The van der Waals surface area contributed by atoms with Crippen molar-refractivity contribution in [3.8, 4) is 0 Å². The Morgan fingerprint density at radius 3 is 2.14 bits per heavy atom. The van der Waals surface area contributed by atoms with E-state index in [9.17, 15) is 23.1 Å². The van der Waals surface area contributed by atoms with Crippen LogP contribution in [0.1, 0.15) is 17.3 Å². The molecule has 2 atom stereocenters. The summed E-state index contributed by atoms with van der Waals surface area (Å²) in [5.74, 6) is -2.13. The standard InChI is InChI=1S/C12H15NO7S/c1-7(14)10(11(15)16)13-21(18,19)9-5-3-8(4-6-9)12(17)20-2/h3-7,10,13-14H,1-2H3,(H,15,16). The summed E-state index contributed by atoms with van der Waals surface area (Å²) in [5, 5.41) is 18.1. The lowest BCUT2D eigenvalue weighted by Crippen LogP contribution is -2.47. The lowest BCUT2D eigenvalue weighted by atomic mass is 10.2. The molecule has 0 fully saturated rings. The maximum atomic E-state index is 12.0. The van der Waals surface area contributed by atoms with E-state index in [0.29, 0.717) is 0 Å². The number of aliphatic hydroxyl groups is 1. The molecule has 0 aliphatic carbocycles. The van der Waals surface area contributed by atoms with E-state index in [4.69, 9.17) is 5.11 Å². The topological polar surface area (TPSA) is 130 Å². The largest absolute Gasteiger partial charge is 0.480 e. The lowest BCUT2D eigenvalue weighted by Gasteiger charge is -2.17. The van der Waals surface area contributed by atoms with Crippen LogP contribution in [0.2, 0.25) is 0 Å². The van der Waals surface area contributed by atoms with Crippen LogP contribution in [0.25, 0.3) is 0 Å². The predicted octanol–water partition coefficient (Wildman–Crippen LogP) is -0.414. The molecule has 0 aliphatic rings. The summed E-state index contributed by atoms with van der Waals surface area (Å²) in [5.41, 5.74) is 0.154. The minimum atomic E-state index is -4.14. The maximum absolute atomic E-state index is 12.0. The van der Waals surface area contributed by atoms with Gasteiger partial charge in [-0.15, -0.1) is 0 Å². The molecule has 0 radical (unpaired) electrons. The van der Waals surface area contributed by atoms with Crippen LogP contribution >= 0.6 is 0 Å². The molecule has 0 aromatic heterocycles. The summed E-state index contributed by atoms with van der Waals surface area (Å²) in [6.45, 7) is 1.15. The van der Waals surface area contributed by atoms with Crippen molar-refractivity contribution < 1.29 is 33.0 Å². The van der Waals surface area contributed by atoms with Crippen molar-refractivity contribution in [3.05, 3.63) is 29.8 Å². The number of esters is 1. The molecule has 0 bridgehead atoms.